The number of thiophene rings is 1. The number of nitrogens with zero attached hydrogens (tertiary/aromatic N) is 1. The summed E-state index contributed by atoms with van der Waals surface area (Å²) in [5.41, 5.74) is 7.99. The van der Waals surface area contributed by atoms with Gasteiger partial charge in [-0.05, 0) is 25.3 Å². The highest BCUT2D eigenvalue weighted by Crippen LogP contribution is 2.38. The molecular formula is C16H18N2OS. The summed E-state index contributed by atoms with van der Waals surface area (Å²) in [5, 5.41) is 0.993. The number of rotatable bonds is 4. The van der Waals surface area contributed by atoms with E-state index in [1.165, 1.54) is 16.9 Å². The molecule has 1 aliphatic carbocycles. The van der Waals surface area contributed by atoms with E-state index in [-0.39, 0.29) is 5.91 Å². The minimum Gasteiger partial charge on any atom is -0.397 e. The van der Waals surface area contributed by atoms with Crippen molar-refractivity contribution in [3.8, 4) is 0 Å². The lowest BCUT2D eigenvalue weighted by molar-refractivity contribution is 0.0768. The van der Waals surface area contributed by atoms with Crippen LogP contribution in [0, 0.1) is 6.92 Å². The predicted molar refractivity (Wildman–Crippen MR) is 85.2 cm³/mol. The lowest BCUT2D eigenvalue weighted by Crippen LogP contribution is -2.33. The summed E-state index contributed by atoms with van der Waals surface area (Å²) in [7, 11) is 0. The summed E-state index contributed by atoms with van der Waals surface area (Å²) < 4.78 is 1.11. The number of nitrogens with two attached hydrogens (primary N) is 1. The third-order valence-electron chi connectivity index (χ3n) is 3.72. The summed E-state index contributed by atoms with van der Waals surface area (Å²) in [6.45, 7) is 6.39. The summed E-state index contributed by atoms with van der Waals surface area (Å²) in [5.74, 6) is 0.0468. The van der Waals surface area contributed by atoms with Crippen LogP contribution in [-0.4, -0.2) is 23.4 Å². The van der Waals surface area contributed by atoms with Gasteiger partial charge in [0.05, 0.1) is 5.69 Å². The van der Waals surface area contributed by atoms with E-state index in [2.05, 4.69) is 19.6 Å². The van der Waals surface area contributed by atoms with Gasteiger partial charge in [-0.15, -0.1) is 17.9 Å². The number of fused-ring (bicyclic) bond motifs is 1. The molecule has 3 rings (SSSR count). The van der Waals surface area contributed by atoms with Crippen LogP contribution in [-0.2, 0) is 0 Å². The van der Waals surface area contributed by atoms with Gasteiger partial charge in [-0.3, -0.25) is 4.79 Å². The number of hydrogen-bond acceptors (Lipinski definition) is 3. The zero-order chi connectivity index (χ0) is 14.3. The molecule has 1 aromatic carbocycles. The molecular weight excluding hydrogens is 268 g/mol. The van der Waals surface area contributed by atoms with Gasteiger partial charge in [0.15, 0.2) is 0 Å². The van der Waals surface area contributed by atoms with Crippen LogP contribution in [0.15, 0.2) is 30.9 Å². The molecule has 2 aromatic rings. The molecule has 1 amide bonds. The Hall–Kier alpha value is -1.81. The first kappa shape index (κ1) is 13.2. The molecule has 0 spiro atoms. The van der Waals surface area contributed by atoms with E-state index < -0.39 is 0 Å². The van der Waals surface area contributed by atoms with Gasteiger partial charge in [0.2, 0.25) is 0 Å². The van der Waals surface area contributed by atoms with Crippen LogP contribution in [0.4, 0.5) is 5.69 Å². The summed E-state index contributed by atoms with van der Waals surface area (Å²) in [6.07, 6.45) is 3.96. The highest BCUT2D eigenvalue weighted by molar-refractivity contribution is 7.21. The number of anilines is 1. The van der Waals surface area contributed by atoms with Crippen LogP contribution in [0.3, 0.4) is 0 Å². The summed E-state index contributed by atoms with van der Waals surface area (Å²) in [4.78, 5) is 15.3. The number of benzene rings is 1. The lowest BCUT2D eigenvalue weighted by atomic mass is 10.1. The van der Waals surface area contributed by atoms with Crippen molar-refractivity contribution in [1.29, 1.82) is 0 Å². The van der Waals surface area contributed by atoms with Crippen molar-refractivity contribution in [3.63, 3.8) is 0 Å². The fourth-order valence-electron chi connectivity index (χ4n) is 2.49. The second kappa shape index (κ2) is 4.94. The molecule has 0 atom stereocenters. The number of aryl methyl sites for hydroxylation is 1. The Bertz CT molecular complexity index is 685. The molecule has 0 unspecified atom stereocenters. The third kappa shape index (κ3) is 2.10. The minimum atomic E-state index is 0.0468. The first-order valence-electron chi connectivity index (χ1n) is 6.83. The van der Waals surface area contributed by atoms with Crippen molar-refractivity contribution in [1.82, 2.24) is 4.90 Å². The van der Waals surface area contributed by atoms with Crippen LogP contribution in [0.2, 0.25) is 0 Å². The van der Waals surface area contributed by atoms with Gasteiger partial charge in [0.1, 0.15) is 4.88 Å². The van der Waals surface area contributed by atoms with Crippen molar-refractivity contribution in [3.05, 3.63) is 41.3 Å². The molecule has 2 N–H and O–H groups in total. The highest BCUT2D eigenvalue weighted by atomic mass is 32.1. The van der Waals surface area contributed by atoms with E-state index in [1.54, 1.807) is 6.08 Å². The SMILES string of the molecule is C=CCN(C(=O)c1sc2c(C)cccc2c1N)C1CC1. The van der Waals surface area contributed by atoms with E-state index in [0.29, 0.717) is 23.2 Å². The van der Waals surface area contributed by atoms with Gasteiger partial charge in [0, 0.05) is 22.7 Å². The van der Waals surface area contributed by atoms with Crippen LogP contribution in [0.5, 0.6) is 0 Å². The molecule has 1 saturated carbocycles. The maximum atomic E-state index is 12.7. The highest BCUT2D eigenvalue weighted by Gasteiger charge is 2.34. The lowest BCUT2D eigenvalue weighted by Gasteiger charge is -2.20. The largest absolute Gasteiger partial charge is 0.397 e. The van der Waals surface area contributed by atoms with Crippen molar-refractivity contribution in [2.75, 3.05) is 12.3 Å². The molecule has 104 valence electrons. The molecule has 1 aromatic heterocycles. The molecule has 0 saturated heterocycles. The number of carbonyl (C=O) groups is 1. The molecule has 1 fully saturated rings. The van der Waals surface area contributed by atoms with Crippen molar-refractivity contribution < 1.29 is 4.79 Å². The van der Waals surface area contributed by atoms with Crippen LogP contribution < -0.4 is 5.73 Å². The third-order valence-corrected chi connectivity index (χ3v) is 5.06. The molecule has 1 aliphatic rings. The first-order valence-corrected chi connectivity index (χ1v) is 7.64. The Balaban J connectivity index is 2.04. The van der Waals surface area contributed by atoms with E-state index in [9.17, 15) is 4.79 Å². The predicted octanol–water partition coefficient (Wildman–Crippen LogP) is 3.58. The number of carbonyl (C=O) groups excluding carboxylic acids is 1. The van der Waals surface area contributed by atoms with Gasteiger partial charge in [0.25, 0.3) is 5.91 Å². The standard InChI is InChI=1S/C16H18N2OS/c1-3-9-18(11-7-8-11)16(19)15-13(17)12-6-4-5-10(2)14(12)20-15/h3-6,11H,1,7-9,17H2,2H3. The van der Waals surface area contributed by atoms with Gasteiger partial charge < -0.3 is 10.6 Å². The molecule has 20 heavy (non-hydrogen) atoms. The van der Waals surface area contributed by atoms with Crippen molar-refractivity contribution in [2.24, 2.45) is 0 Å². The van der Waals surface area contributed by atoms with Crippen LogP contribution >= 0.6 is 11.3 Å². The quantitative estimate of drug-likeness (QED) is 0.873. The smallest absolute Gasteiger partial charge is 0.266 e. The normalized spacial score (nSPS) is 14.4. The fourth-order valence-corrected chi connectivity index (χ4v) is 3.64. The second-order valence-electron chi connectivity index (χ2n) is 5.27. The Morgan fingerprint density at radius 3 is 2.90 bits per heavy atom. The number of hydrogen-bond donors (Lipinski definition) is 1. The van der Waals surface area contributed by atoms with Crippen LogP contribution in [0.25, 0.3) is 10.1 Å². The maximum Gasteiger partial charge on any atom is 0.266 e. The summed E-state index contributed by atoms with van der Waals surface area (Å²) >= 11 is 1.51. The van der Waals surface area contributed by atoms with Gasteiger partial charge in [-0.1, -0.05) is 24.3 Å². The van der Waals surface area contributed by atoms with E-state index >= 15 is 0 Å². The molecule has 1 heterocycles. The molecule has 4 heteroatoms. The first-order chi connectivity index (χ1) is 9.63. The number of amides is 1. The fraction of sp³-hybridized carbons (Fsp3) is 0.312. The zero-order valence-corrected chi connectivity index (χ0v) is 12.4. The Labute approximate surface area is 122 Å². The second-order valence-corrected chi connectivity index (χ2v) is 6.29. The molecule has 0 aliphatic heterocycles. The van der Waals surface area contributed by atoms with E-state index in [1.807, 2.05) is 17.0 Å². The van der Waals surface area contributed by atoms with Gasteiger partial charge in [-0.25, -0.2) is 0 Å². The molecule has 0 bridgehead atoms. The van der Waals surface area contributed by atoms with E-state index in [4.69, 9.17) is 5.73 Å². The minimum absolute atomic E-state index is 0.0468. The topological polar surface area (TPSA) is 46.3 Å². The monoisotopic (exact) mass is 286 g/mol. The maximum absolute atomic E-state index is 12.7. The number of nitrogen functional groups attached to an aromatic ring is 1. The Morgan fingerprint density at radius 1 is 1.55 bits per heavy atom. The Morgan fingerprint density at radius 2 is 2.30 bits per heavy atom. The zero-order valence-electron chi connectivity index (χ0n) is 11.6. The van der Waals surface area contributed by atoms with Crippen molar-refractivity contribution in [2.45, 2.75) is 25.8 Å². The van der Waals surface area contributed by atoms with Gasteiger partial charge >= 0.3 is 0 Å². The average Bonchev–Trinajstić information content (AvgIpc) is 3.21. The summed E-state index contributed by atoms with van der Waals surface area (Å²) in [6, 6.07) is 6.39. The molecule has 0 radical (unpaired) electrons. The Kier molecular flexibility index (Phi) is 3.26. The van der Waals surface area contributed by atoms with Crippen LogP contribution in [0.1, 0.15) is 28.1 Å². The van der Waals surface area contributed by atoms with Gasteiger partial charge in [-0.2, -0.15) is 0 Å². The molecule has 3 nitrogen and oxygen atoms in total. The van der Waals surface area contributed by atoms with Crippen molar-refractivity contribution >= 4 is 33.0 Å². The van der Waals surface area contributed by atoms with E-state index in [0.717, 1.165) is 22.9 Å². The average molecular weight is 286 g/mol.